The number of pyridine rings is 1. The fraction of sp³-hybridized carbons (Fsp3) is 0.552. The fourth-order valence-corrected chi connectivity index (χ4v) is 6.10. The number of nitrogens with one attached hydrogen (secondary N) is 6. The third-order valence-electron chi connectivity index (χ3n) is 8.46. The summed E-state index contributed by atoms with van der Waals surface area (Å²) >= 11 is 0. The number of carbonyl (C=O) groups is 1. The van der Waals surface area contributed by atoms with Gasteiger partial charge in [0.2, 0.25) is 5.95 Å². The first-order valence-electron chi connectivity index (χ1n) is 15.0. The first-order valence-corrected chi connectivity index (χ1v) is 15.0. The van der Waals surface area contributed by atoms with E-state index in [4.69, 9.17) is 4.74 Å². The van der Waals surface area contributed by atoms with Crippen LogP contribution in [0.3, 0.4) is 0 Å². The van der Waals surface area contributed by atoms with Crippen molar-refractivity contribution in [3.8, 4) is 0 Å². The number of hydrogen-bond donors (Lipinski definition) is 6. The average Bonchev–Trinajstić information content (AvgIpc) is 3.69. The number of anilines is 3. The summed E-state index contributed by atoms with van der Waals surface area (Å²) in [6, 6.07) is 10.6. The van der Waals surface area contributed by atoms with Crippen LogP contribution in [-0.2, 0) is 11.3 Å². The van der Waals surface area contributed by atoms with Crippen LogP contribution in [0.1, 0.15) is 62.3 Å². The topological polar surface area (TPSA) is 146 Å². The average molecular weight is 562 g/mol. The molecule has 12 heteroatoms. The van der Waals surface area contributed by atoms with E-state index in [0.29, 0.717) is 17.7 Å². The summed E-state index contributed by atoms with van der Waals surface area (Å²) in [6.07, 6.45) is 10.4. The van der Waals surface area contributed by atoms with Crippen LogP contribution in [-0.4, -0.2) is 75.6 Å². The normalized spacial score (nSPS) is 26.3. The van der Waals surface area contributed by atoms with Crippen molar-refractivity contribution in [1.29, 1.82) is 0 Å². The number of rotatable bonds is 9. The first-order chi connectivity index (χ1) is 20.2. The molecule has 3 aromatic heterocycles. The van der Waals surface area contributed by atoms with Gasteiger partial charge in [-0.3, -0.25) is 10.1 Å². The summed E-state index contributed by atoms with van der Waals surface area (Å²) in [5, 5.41) is 20.6. The van der Waals surface area contributed by atoms with Crippen molar-refractivity contribution in [1.82, 2.24) is 35.8 Å². The number of ether oxygens (including phenoxy) is 1. The van der Waals surface area contributed by atoms with Gasteiger partial charge in [-0.2, -0.15) is 10.1 Å². The lowest BCUT2D eigenvalue weighted by molar-refractivity contribution is -0.919. The van der Waals surface area contributed by atoms with Crippen molar-refractivity contribution in [2.45, 2.75) is 75.5 Å². The Hall–Kier alpha value is -3.77. The quantitative estimate of drug-likeness (QED) is 0.233. The molecule has 2 saturated heterocycles. The maximum Gasteiger partial charge on any atom is 0.315 e. The molecule has 2 amide bonds. The first kappa shape index (κ1) is 27.4. The molecule has 2 aliphatic heterocycles. The molecular weight excluding hydrogens is 520 g/mol. The zero-order chi connectivity index (χ0) is 27.9. The Morgan fingerprint density at radius 2 is 1.73 bits per heavy atom. The van der Waals surface area contributed by atoms with Crippen LogP contribution in [0.25, 0.3) is 0 Å². The molecule has 6 N–H and O–H groups in total. The highest BCUT2D eigenvalue weighted by Crippen LogP contribution is 2.26. The van der Waals surface area contributed by atoms with E-state index in [2.05, 4.69) is 52.5 Å². The molecule has 12 nitrogen and oxygen atoms in total. The third kappa shape index (κ3) is 7.70. The number of amides is 2. The number of H-pyrrole nitrogens is 1. The molecule has 41 heavy (non-hydrogen) atoms. The molecule has 0 bridgehead atoms. The number of likely N-dealkylation sites (tertiary alicyclic amines) is 1. The van der Waals surface area contributed by atoms with Gasteiger partial charge in [-0.05, 0) is 50.3 Å². The summed E-state index contributed by atoms with van der Waals surface area (Å²) in [7, 11) is 0. The second kappa shape index (κ2) is 13.3. The standard InChI is InChI=1S/C29H40N10O2/c40-29(34-23-9-14-39(15-10-23)18-24-3-1-2-12-30-24)33-22-6-4-21(5-7-22)32-28-31-13-8-26(36-28)35-27-17-25(37-38-27)20-11-16-41-19-20/h1-3,8,12-13,17,20-23H,4-7,9-11,14-16,18-19H2,(H2,33,34,40)(H3,31,32,35,36,37,38)/p+1. The van der Waals surface area contributed by atoms with Gasteiger partial charge in [0.1, 0.15) is 12.4 Å². The molecule has 1 saturated carbocycles. The molecule has 3 fully saturated rings. The fourth-order valence-electron chi connectivity index (χ4n) is 6.10. The third-order valence-corrected chi connectivity index (χ3v) is 8.46. The van der Waals surface area contributed by atoms with Crippen LogP contribution in [0.4, 0.5) is 22.4 Å². The number of aromatic amines is 1. The molecule has 1 aliphatic carbocycles. The number of nitrogens with zero attached hydrogens (tertiary/aromatic N) is 4. The Balaban J connectivity index is 0.894. The Morgan fingerprint density at radius 1 is 0.927 bits per heavy atom. The van der Waals surface area contributed by atoms with Gasteiger partial charge in [0.15, 0.2) is 5.82 Å². The lowest BCUT2D eigenvalue weighted by Gasteiger charge is -2.32. The number of urea groups is 1. The highest BCUT2D eigenvalue weighted by atomic mass is 16.5. The Bertz CT molecular complexity index is 1250. The number of hydrogen-bond acceptors (Lipinski definition) is 8. The second-order valence-electron chi connectivity index (χ2n) is 11.5. The number of quaternary nitrogens is 1. The van der Waals surface area contributed by atoms with Crippen LogP contribution >= 0.6 is 0 Å². The molecule has 0 spiro atoms. The van der Waals surface area contributed by atoms with Gasteiger partial charge >= 0.3 is 6.03 Å². The monoisotopic (exact) mass is 561 g/mol. The molecular formula is C29H41N10O2+. The SMILES string of the molecule is O=C(NC1CCC(Nc2nccc(Nc3cc(C4CCOC4)[nH]n3)n2)CC1)NC1CC[NH+](Cc2ccccn2)CC1. The number of aromatic nitrogens is 5. The van der Waals surface area contributed by atoms with Gasteiger partial charge in [0.05, 0.1) is 25.4 Å². The summed E-state index contributed by atoms with van der Waals surface area (Å²) in [4.78, 5) is 27.7. The highest BCUT2D eigenvalue weighted by Gasteiger charge is 2.27. The van der Waals surface area contributed by atoms with Crippen molar-refractivity contribution >= 4 is 23.6 Å². The van der Waals surface area contributed by atoms with Gasteiger partial charge in [-0.25, -0.2) is 9.78 Å². The zero-order valence-corrected chi connectivity index (χ0v) is 23.4. The van der Waals surface area contributed by atoms with E-state index in [1.807, 2.05) is 30.5 Å². The molecule has 3 aliphatic rings. The van der Waals surface area contributed by atoms with E-state index in [1.54, 1.807) is 6.20 Å². The van der Waals surface area contributed by atoms with Crippen LogP contribution in [0.2, 0.25) is 0 Å². The van der Waals surface area contributed by atoms with Crippen molar-refractivity contribution in [2.24, 2.45) is 0 Å². The van der Waals surface area contributed by atoms with E-state index >= 15 is 0 Å². The van der Waals surface area contributed by atoms with Crippen molar-refractivity contribution in [2.75, 3.05) is 36.9 Å². The Labute approximate surface area is 240 Å². The predicted molar refractivity (Wildman–Crippen MR) is 155 cm³/mol. The summed E-state index contributed by atoms with van der Waals surface area (Å²) in [6.45, 7) is 4.59. The van der Waals surface area contributed by atoms with Gasteiger partial charge in [0.25, 0.3) is 0 Å². The lowest BCUT2D eigenvalue weighted by atomic mass is 9.91. The molecule has 1 atom stereocenters. The zero-order valence-electron chi connectivity index (χ0n) is 23.4. The molecule has 6 rings (SSSR count). The minimum atomic E-state index is -0.0383. The van der Waals surface area contributed by atoms with E-state index in [-0.39, 0.29) is 24.2 Å². The molecule has 1 unspecified atom stereocenters. The van der Waals surface area contributed by atoms with E-state index < -0.39 is 0 Å². The van der Waals surface area contributed by atoms with Gasteiger partial charge in [0, 0.05) is 67.6 Å². The molecule has 5 heterocycles. The van der Waals surface area contributed by atoms with Crippen LogP contribution in [0.15, 0.2) is 42.7 Å². The number of carbonyl (C=O) groups excluding carboxylic acids is 1. The summed E-state index contributed by atoms with van der Waals surface area (Å²) in [5.41, 5.74) is 2.21. The van der Waals surface area contributed by atoms with Crippen molar-refractivity contribution < 1.29 is 14.4 Å². The smallest absolute Gasteiger partial charge is 0.315 e. The van der Waals surface area contributed by atoms with Crippen LogP contribution in [0.5, 0.6) is 0 Å². The maximum absolute atomic E-state index is 12.7. The Morgan fingerprint density at radius 3 is 2.49 bits per heavy atom. The molecule has 3 aromatic rings. The van der Waals surface area contributed by atoms with Gasteiger partial charge in [-0.15, -0.1) is 0 Å². The molecule has 218 valence electrons. The van der Waals surface area contributed by atoms with Crippen LogP contribution < -0.4 is 26.2 Å². The van der Waals surface area contributed by atoms with Crippen LogP contribution in [0, 0.1) is 0 Å². The van der Waals surface area contributed by atoms with E-state index in [9.17, 15) is 4.79 Å². The molecule has 0 radical (unpaired) electrons. The minimum absolute atomic E-state index is 0.0383. The summed E-state index contributed by atoms with van der Waals surface area (Å²) in [5.74, 6) is 2.40. The van der Waals surface area contributed by atoms with Gasteiger partial charge < -0.3 is 30.9 Å². The van der Waals surface area contributed by atoms with E-state index in [0.717, 1.165) is 95.0 Å². The highest BCUT2D eigenvalue weighted by molar-refractivity contribution is 5.74. The lowest BCUT2D eigenvalue weighted by Crippen LogP contribution is -3.12. The van der Waals surface area contributed by atoms with Crippen molar-refractivity contribution in [3.63, 3.8) is 0 Å². The maximum atomic E-state index is 12.7. The Kier molecular flexibility index (Phi) is 8.86. The largest absolute Gasteiger partial charge is 0.381 e. The number of piperidine rings is 1. The molecule has 0 aromatic carbocycles. The minimum Gasteiger partial charge on any atom is -0.381 e. The predicted octanol–water partition coefficient (Wildman–Crippen LogP) is 2.11. The van der Waals surface area contributed by atoms with Crippen molar-refractivity contribution in [3.05, 3.63) is 54.1 Å². The summed E-state index contributed by atoms with van der Waals surface area (Å²) < 4.78 is 5.48. The van der Waals surface area contributed by atoms with Gasteiger partial charge in [-0.1, -0.05) is 6.07 Å². The second-order valence-corrected chi connectivity index (χ2v) is 11.5. The van der Waals surface area contributed by atoms with E-state index in [1.165, 1.54) is 4.90 Å².